The first-order chi connectivity index (χ1) is 17.5. The van der Waals surface area contributed by atoms with Crippen LogP contribution in [0.3, 0.4) is 0 Å². The number of allylic oxidation sites excluding steroid dienone is 2. The number of hydrogen-bond donors (Lipinski definition) is 0. The summed E-state index contributed by atoms with van der Waals surface area (Å²) in [4.78, 5) is 0. The van der Waals surface area contributed by atoms with Gasteiger partial charge in [-0.15, -0.1) is 0 Å². The number of benzene rings is 3. The Bertz CT molecular complexity index is 1210. The first-order valence-corrected chi connectivity index (χ1v) is 12.0. The minimum atomic E-state index is -1.05. The molecule has 6 heteroatoms. The van der Waals surface area contributed by atoms with Crippen molar-refractivity contribution in [3.05, 3.63) is 102 Å². The second-order valence-electron chi connectivity index (χ2n) is 8.66. The van der Waals surface area contributed by atoms with Crippen molar-refractivity contribution in [1.29, 1.82) is 0 Å². The lowest BCUT2D eigenvalue weighted by Gasteiger charge is -2.29. The lowest BCUT2D eigenvalue weighted by Crippen LogP contribution is -2.27. The van der Waals surface area contributed by atoms with Gasteiger partial charge >= 0.3 is 0 Å². The molecule has 3 aromatic carbocycles. The Morgan fingerprint density at radius 2 is 1.61 bits per heavy atom. The Labute approximate surface area is 209 Å². The van der Waals surface area contributed by atoms with Crippen molar-refractivity contribution in [2.75, 3.05) is 19.8 Å². The zero-order valence-corrected chi connectivity index (χ0v) is 20.2. The van der Waals surface area contributed by atoms with Crippen LogP contribution in [0.15, 0.2) is 79.4 Å². The number of hydrogen-bond acceptors (Lipinski definition) is 3. The van der Waals surface area contributed by atoms with E-state index in [-0.39, 0.29) is 17.9 Å². The highest BCUT2D eigenvalue weighted by atomic mass is 19.2. The van der Waals surface area contributed by atoms with Crippen LogP contribution in [0.2, 0.25) is 0 Å². The molecule has 1 aliphatic rings. The molecule has 0 aromatic heterocycles. The largest absolute Gasteiger partial charge is 0.486 e. The molecule has 36 heavy (non-hydrogen) atoms. The van der Waals surface area contributed by atoms with Gasteiger partial charge in [-0.2, -0.15) is 4.39 Å². The van der Waals surface area contributed by atoms with Crippen molar-refractivity contribution in [3.63, 3.8) is 0 Å². The van der Waals surface area contributed by atoms with Gasteiger partial charge < -0.3 is 14.2 Å². The van der Waals surface area contributed by atoms with Gasteiger partial charge in [0.15, 0.2) is 17.9 Å². The van der Waals surface area contributed by atoms with Gasteiger partial charge in [0.05, 0.1) is 13.2 Å². The van der Waals surface area contributed by atoms with E-state index in [4.69, 9.17) is 14.2 Å². The van der Waals surface area contributed by atoms with Gasteiger partial charge in [0.25, 0.3) is 0 Å². The third kappa shape index (κ3) is 5.89. The predicted molar refractivity (Wildman–Crippen MR) is 135 cm³/mol. The topological polar surface area (TPSA) is 27.7 Å². The molecule has 4 rings (SSSR count). The van der Waals surface area contributed by atoms with Crippen molar-refractivity contribution >= 4 is 0 Å². The summed E-state index contributed by atoms with van der Waals surface area (Å²) >= 11 is 0. The predicted octanol–water partition coefficient (Wildman–Crippen LogP) is 8.02. The quantitative estimate of drug-likeness (QED) is 0.282. The Morgan fingerprint density at radius 3 is 2.28 bits per heavy atom. The molecule has 0 radical (unpaired) electrons. The molecule has 0 unspecified atom stereocenters. The zero-order valence-electron chi connectivity index (χ0n) is 20.2. The Morgan fingerprint density at radius 1 is 0.917 bits per heavy atom. The highest BCUT2D eigenvalue weighted by Crippen LogP contribution is 2.33. The molecule has 1 saturated heterocycles. The molecule has 0 bridgehead atoms. The van der Waals surface area contributed by atoms with Crippen LogP contribution in [-0.4, -0.2) is 19.8 Å². The summed E-state index contributed by atoms with van der Waals surface area (Å²) in [6.07, 6.45) is 6.80. The van der Waals surface area contributed by atoms with Gasteiger partial charge in [-0.1, -0.05) is 61.2 Å². The Balaban J connectivity index is 1.45. The van der Waals surface area contributed by atoms with E-state index in [0.29, 0.717) is 35.8 Å². The van der Waals surface area contributed by atoms with E-state index in [9.17, 15) is 13.2 Å². The van der Waals surface area contributed by atoms with Crippen molar-refractivity contribution in [2.45, 2.75) is 26.1 Å². The second-order valence-corrected chi connectivity index (χ2v) is 8.66. The van der Waals surface area contributed by atoms with Crippen molar-refractivity contribution in [2.24, 2.45) is 5.92 Å². The second kappa shape index (κ2) is 12.1. The molecule has 3 nitrogen and oxygen atoms in total. The summed E-state index contributed by atoms with van der Waals surface area (Å²) in [5.41, 5.74) is 2.37. The van der Waals surface area contributed by atoms with Gasteiger partial charge in [0.1, 0.15) is 12.4 Å². The van der Waals surface area contributed by atoms with Crippen LogP contribution in [-0.2, 0) is 9.47 Å². The van der Waals surface area contributed by atoms with Crippen LogP contribution >= 0.6 is 0 Å². The van der Waals surface area contributed by atoms with Crippen LogP contribution in [0.25, 0.3) is 22.3 Å². The summed E-state index contributed by atoms with van der Waals surface area (Å²) in [6, 6.07) is 14.6. The molecule has 0 atom stereocenters. The molecule has 0 spiro atoms. The van der Waals surface area contributed by atoms with Crippen LogP contribution in [0.1, 0.15) is 31.6 Å². The fourth-order valence-corrected chi connectivity index (χ4v) is 4.14. The van der Waals surface area contributed by atoms with E-state index >= 15 is 0 Å². The molecular formula is C30H29F3O3. The number of halogens is 3. The number of rotatable bonds is 9. The van der Waals surface area contributed by atoms with E-state index in [1.54, 1.807) is 36.4 Å². The molecule has 0 aliphatic carbocycles. The van der Waals surface area contributed by atoms with Crippen molar-refractivity contribution < 1.29 is 27.4 Å². The summed E-state index contributed by atoms with van der Waals surface area (Å²) < 4.78 is 60.6. The number of ether oxygens (including phenoxy) is 3. The lowest BCUT2D eigenvalue weighted by molar-refractivity contribution is -0.207. The zero-order chi connectivity index (χ0) is 25.5. The van der Waals surface area contributed by atoms with Crippen LogP contribution < -0.4 is 4.74 Å². The maximum Gasteiger partial charge on any atom is 0.201 e. The SMILES string of the molecule is C=CCOc1ccc(-c2ccc(-c3ccc(C4OCC(CCC=CC)CO4)c(F)c3)cc2)c(F)c1F. The van der Waals surface area contributed by atoms with Crippen LogP contribution in [0.4, 0.5) is 13.2 Å². The standard InChI is InChI=1S/C30H29F3O3/c1-3-5-6-7-20-18-35-30(36-19-20)25-13-12-23(17-26(25)31)21-8-10-22(11-9-21)24-14-15-27(34-16-4-2)29(33)28(24)32/h3-5,8-15,17,20,30H,2,6-7,16,18-19H2,1H3. The maximum atomic E-state index is 15.0. The normalized spacial score (nSPS) is 17.9. The monoisotopic (exact) mass is 494 g/mol. The summed E-state index contributed by atoms with van der Waals surface area (Å²) in [5, 5.41) is 0. The molecule has 0 amide bonds. The van der Waals surface area contributed by atoms with Crippen molar-refractivity contribution in [1.82, 2.24) is 0 Å². The summed E-state index contributed by atoms with van der Waals surface area (Å²) in [7, 11) is 0. The smallest absolute Gasteiger partial charge is 0.201 e. The molecule has 1 fully saturated rings. The minimum absolute atomic E-state index is 0.0795. The average molecular weight is 495 g/mol. The highest BCUT2D eigenvalue weighted by Gasteiger charge is 2.25. The fourth-order valence-electron chi connectivity index (χ4n) is 4.14. The average Bonchev–Trinajstić information content (AvgIpc) is 2.90. The molecule has 1 heterocycles. The molecule has 0 N–H and O–H groups in total. The molecular weight excluding hydrogens is 465 g/mol. The molecule has 0 saturated carbocycles. The first kappa shape index (κ1) is 25.7. The molecule has 1 aliphatic heterocycles. The van der Waals surface area contributed by atoms with Gasteiger partial charge in [-0.25, -0.2) is 8.78 Å². The van der Waals surface area contributed by atoms with Gasteiger partial charge in [0.2, 0.25) is 5.82 Å². The minimum Gasteiger partial charge on any atom is -0.486 e. The van der Waals surface area contributed by atoms with Gasteiger partial charge in [-0.05, 0) is 54.7 Å². The van der Waals surface area contributed by atoms with E-state index in [2.05, 4.69) is 12.7 Å². The maximum absolute atomic E-state index is 15.0. The van der Waals surface area contributed by atoms with Crippen molar-refractivity contribution in [3.8, 4) is 28.0 Å². The highest BCUT2D eigenvalue weighted by molar-refractivity contribution is 5.71. The van der Waals surface area contributed by atoms with E-state index in [0.717, 1.165) is 18.4 Å². The van der Waals surface area contributed by atoms with Crippen LogP contribution in [0, 0.1) is 23.4 Å². The van der Waals surface area contributed by atoms with E-state index < -0.39 is 23.7 Å². The molecule has 3 aromatic rings. The Hall–Kier alpha value is -3.35. The van der Waals surface area contributed by atoms with E-state index in [1.807, 2.05) is 13.0 Å². The third-order valence-corrected chi connectivity index (χ3v) is 6.13. The summed E-state index contributed by atoms with van der Waals surface area (Å²) in [5.74, 6) is -2.33. The Kier molecular flexibility index (Phi) is 8.62. The van der Waals surface area contributed by atoms with Crippen LogP contribution in [0.5, 0.6) is 5.75 Å². The summed E-state index contributed by atoms with van der Waals surface area (Å²) in [6.45, 7) is 6.63. The van der Waals surface area contributed by atoms with E-state index in [1.165, 1.54) is 24.3 Å². The van der Waals surface area contributed by atoms with Gasteiger partial charge in [-0.3, -0.25) is 0 Å². The third-order valence-electron chi connectivity index (χ3n) is 6.13. The fraction of sp³-hybridized carbons (Fsp3) is 0.267. The lowest BCUT2D eigenvalue weighted by atomic mass is 9.98. The molecule has 188 valence electrons. The first-order valence-electron chi connectivity index (χ1n) is 12.0. The van der Waals surface area contributed by atoms with Gasteiger partial charge in [0, 0.05) is 17.0 Å².